The molecule has 0 heterocycles. The molecule has 0 spiro atoms. The second kappa shape index (κ2) is 7.52. The Hall–Kier alpha value is -0.940. The minimum absolute atomic E-state index is 0.0188. The zero-order valence-corrected chi connectivity index (χ0v) is 16.1. The maximum Gasteiger partial charge on any atom is 0.348 e. The maximum atomic E-state index is 13.8. The number of allylic oxidation sites excluding steroid dienone is 2. The van der Waals surface area contributed by atoms with E-state index >= 15 is 0 Å². The first-order valence-corrected chi connectivity index (χ1v) is 8.56. The van der Waals surface area contributed by atoms with Gasteiger partial charge >= 0.3 is 5.38 Å². The van der Waals surface area contributed by atoms with Crippen LogP contribution in [0.3, 0.4) is 0 Å². The fourth-order valence-electron chi connectivity index (χ4n) is 2.05. The minimum Gasteiger partial charge on any atom is -0.289 e. The van der Waals surface area contributed by atoms with Crippen LogP contribution in [0.1, 0.15) is 21.5 Å². The van der Waals surface area contributed by atoms with Crippen LogP contribution in [-0.4, -0.2) is 11.2 Å². The number of hydrogen-bond acceptors (Lipinski definition) is 1. The quantitative estimate of drug-likeness (QED) is 0.272. The third-order valence-electron chi connectivity index (χ3n) is 3.20. The van der Waals surface area contributed by atoms with Crippen LogP contribution in [0.25, 0.3) is 5.57 Å². The van der Waals surface area contributed by atoms with E-state index in [1.165, 1.54) is 24.3 Å². The van der Waals surface area contributed by atoms with Gasteiger partial charge in [0.25, 0.3) is 0 Å². The van der Waals surface area contributed by atoms with Gasteiger partial charge < -0.3 is 0 Å². The first-order valence-electron chi connectivity index (χ1n) is 6.64. The standard InChI is InChI=1S/C17H10BrCl3F2O/c1-9-4-10(2-3-15(9)18)16(24)8-14(17(21,22)23)11-5-12(19)7-13(20)6-11/h2-8H,1H3. The molecule has 1 nitrogen and oxygen atoms in total. The van der Waals surface area contributed by atoms with Gasteiger partial charge in [-0.05, 0) is 72.1 Å². The largest absolute Gasteiger partial charge is 0.348 e. The molecule has 0 bridgehead atoms. The van der Waals surface area contributed by atoms with Crippen LogP contribution in [0.15, 0.2) is 46.9 Å². The molecule has 24 heavy (non-hydrogen) atoms. The number of rotatable bonds is 4. The number of halogens is 6. The third-order valence-corrected chi connectivity index (χ3v) is 4.73. The summed E-state index contributed by atoms with van der Waals surface area (Å²) in [5.41, 5.74) is 0.385. The molecule has 0 aliphatic heterocycles. The number of benzene rings is 2. The van der Waals surface area contributed by atoms with Crippen molar-refractivity contribution in [1.29, 1.82) is 0 Å². The molecular weight excluding hydrogens is 444 g/mol. The van der Waals surface area contributed by atoms with E-state index in [9.17, 15) is 13.6 Å². The van der Waals surface area contributed by atoms with Gasteiger partial charge in [0.15, 0.2) is 5.78 Å². The molecule has 2 rings (SSSR count). The molecule has 0 atom stereocenters. The van der Waals surface area contributed by atoms with Crippen molar-refractivity contribution in [3.8, 4) is 0 Å². The Balaban J connectivity index is 2.53. The van der Waals surface area contributed by atoms with E-state index in [2.05, 4.69) is 15.9 Å². The molecule has 2 aromatic carbocycles. The Kier molecular flexibility index (Phi) is 6.08. The van der Waals surface area contributed by atoms with Gasteiger partial charge in [-0.3, -0.25) is 4.79 Å². The lowest BCUT2D eigenvalue weighted by atomic mass is 10.0. The highest BCUT2D eigenvalue weighted by Crippen LogP contribution is 2.38. The van der Waals surface area contributed by atoms with Crippen LogP contribution in [-0.2, 0) is 0 Å². The SMILES string of the molecule is Cc1cc(C(=O)C=C(c2cc(Cl)cc(Cl)c2)C(F)(F)Cl)ccc1Br. The van der Waals surface area contributed by atoms with Crippen LogP contribution in [0.5, 0.6) is 0 Å². The number of hydrogen-bond donors (Lipinski definition) is 0. The van der Waals surface area contributed by atoms with Crippen LogP contribution in [0.4, 0.5) is 8.78 Å². The molecule has 126 valence electrons. The van der Waals surface area contributed by atoms with E-state index in [0.717, 1.165) is 16.1 Å². The second-order valence-corrected chi connectivity index (χ2v) is 7.24. The molecule has 0 aliphatic carbocycles. The van der Waals surface area contributed by atoms with E-state index < -0.39 is 16.7 Å². The van der Waals surface area contributed by atoms with Gasteiger partial charge in [-0.25, -0.2) is 0 Å². The molecule has 0 aromatic heterocycles. The molecule has 0 aliphatic rings. The predicted octanol–water partition coefficient (Wildman–Crippen LogP) is 7.16. The van der Waals surface area contributed by atoms with Crippen LogP contribution >= 0.6 is 50.7 Å². The van der Waals surface area contributed by atoms with Gasteiger partial charge in [-0.1, -0.05) is 39.1 Å². The van der Waals surface area contributed by atoms with Gasteiger partial charge in [0.2, 0.25) is 0 Å². The summed E-state index contributed by atoms with van der Waals surface area (Å²) < 4.78 is 28.4. The molecule has 0 fully saturated rings. The van der Waals surface area contributed by atoms with Crippen molar-refractivity contribution in [2.24, 2.45) is 0 Å². The number of aryl methyl sites for hydroxylation is 1. The lowest BCUT2D eigenvalue weighted by Crippen LogP contribution is -2.11. The molecular formula is C17H10BrCl3F2O. The van der Waals surface area contributed by atoms with Crippen molar-refractivity contribution in [3.63, 3.8) is 0 Å². The summed E-state index contributed by atoms with van der Waals surface area (Å²) in [5, 5.41) is -3.43. The summed E-state index contributed by atoms with van der Waals surface area (Å²) in [6.45, 7) is 1.79. The maximum absolute atomic E-state index is 13.8. The van der Waals surface area contributed by atoms with E-state index in [-0.39, 0.29) is 21.2 Å². The summed E-state index contributed by atoms with van der Waals surface area (Å²) in [7, 11) is 0. The fourth-order valence-corrected chi connectivity index (χ4v) is 2.99. The Morgan fingerprint density at radius 1 is 1.08 bits per heavy atom. The van der Waals surface area contributed by atoms with Crippen molar-refractivity contribution < 1.29 is 13.6 Å². The average Bonchev–Trinajstić information content (AvgIpc) is 2.45. The predicted molar refractivity (Wildman–Crippen MR) is 98.4 cm³/mol. The van der Waals surface area contributed by atoms with Crippen LogP contribution < -0.4 is 0 Å². The number of alkyl halides is 3. The first kappa shape index (κ1) is 19.4. The summed E-state index contributed by atoms with van der Waals surface area (Å²) in [4.78, 5) is 12.4. The Morgan fingerprint density at radius 3 is 2.17 bits per heavy atom. The molecule has 7 heteroatoms. The van der Waals surface area contributed by atoms with Crippen molar-refractivity contribution in [3.05, 3.63) is 73.7 Å². The second-order valence-electron chi connectivity index (χ2n) is 5.04. The smallest absolute Gasteiger partial charge is 0.289 e. The Bertz CT molecular complexity index is 809. The molecule has 0 N–H and O–H groups in total. The Labute approximate surface area is 161 Å². The van der Waals surface area contributed by atoms with Gasteiger partial charge in [0.1, 0.15) is 0 Å². The lowest BCUT2D eigenvalue weighted by Gasteiger charge is -2.14. The van der Waals surface area contributed by atoms with Crippen molar-refractivity contribution in [1.82, 2.24) is 0 Å². The molecule has 2 aromatic rings. The lowest BCUT2D eigenvalue weighted by molar-refractivity contribution is 0.104. The Morgan fingerprint density at radius 2 is 1.67 bits per heavy atom. The monoisotopic (exact) mass is 452 g/mol. The van der Waals surface area contributed by atoms with Crippen LogP contribution in [0, 0.1) is 6.92 Å². The van der Waals surface area contributed by atoms with E-state index in [1.54, 1.807) is 19.1 Å². The van der Waals surface area contributed by atoms with E-state index in [1.807, 2.05) is 0 Å². The highest BCUT2D eigenvalue weighted by Gasteiger charge is 2.33. The van der Waals surface area contributed by atoms with Gasteiger partial charge in [0, 0.05) is 25.7 Å². The van der Waals surface area contributed by atoms with Crippen LogP contribution in [0.2, 0.25) is 10.0 Å². The highest BCUT2D eigenvalue weighted by molar-refractivity contribution is 9.10. The van der Waals surface area contributed by atoms with Crippen molar-refractivity contribution in [2.75, 3.05) is 0 Å². The molecule has 0 unspecified atom stereocenters. The number of carbonyl (C=O) groups is 1. The van der Waals surface area contributed by atoms with Gasteiger partial charge in [-0.15, -0.1) is 0 Å². The summed E-state index contributed by atoms with van der Waals surface area (Å²) in [5.74, 6) is -0.600. The fraction of sp³-hybridized carbons (Fsp3) is 0.118. The zero-order valence-electron chi connectivity index (χ0n) is 12.2. The number of carbonyl (C=O) groups excluding carboxylic acids is 1. The van der Waals surface area contributed by atoms with Crippen molar-refractivity contribution in [2.45, 2.75) is 12.3 Å². The summed E-state index contributed by atoms with van der Waals surface area (Å²) in [6.07, 6.45) is 0.803. The van der Waals surface area contributed by atoms with E-state index in [4.69, 9.17) is 34.8 Å². The zero-order chi connectivity index (χ0) is 18.1. The third kappa shape index (κ3) is 4.79. The van der Waals surface area contributed by atoms with E-state index in [0.29, 0.717) is 0 Å². The van der Waals surface area contributed by atoms with Gasteiger partial charge in [0.05, 0.1) is 0 Å². The van der Waals surface area contributed by atoms with Crippen molar-refractivity contribution >= 4 is 62.1 Å². The topological polar surface area (TPSA) is 17.1 Å². The first-order chi connectivity index (χ1) is 11.1. The molecule has 0 radical (unpaired) electrons. The van der Waals surface area contributed by atoms with Gasteiger partial charge in [-0.2, -0.15) is 8.78 Å². The molecule has 0 saturated carbocycles. The average molecular weight is 455 g/mol. The number of ketones is 1. The highest BCUT2D eigenvalue weighted by atomic mass is 79.9. The molecule has 0 amide bonds. The summed E-state index contributed by atoms with van der Waals surface area (Å²) >= 11 is 20.2. The minimum atomic E-state index is -3.76. The summed E-state index contributed by atoms with van der Waals surface area (Å²) in [6, 6.07) is 8.75. The molecule has 0 saturated heterocycles. The normalized spacial score (nSPS) is 12.4.